The second kappa shape index (κ2) is 4.61. The standard InChI is InChI=1S/C10H12N4OS/c1-3-7-4-8(15)14(5-7)9-11-6-12-10(13-9)16-2/h3,6-7H,1,4-5H2,2H3. The second-order valence-corrected chi connectivity index (χ2v) is 4.25. The number of amides is 1. The molecule has 1 atom stereocenters. The Morgan fingerprint density at radius 1 is 1.62 bits per heavy atom. The Morgan fingerprint density at radius 3 is 3.06 bits per heavy atom. The molecule has 0 bridgehead atoms. The lowest BCUT2D eigenvalue weighted by atomic mass is 10.1. The van der Waals surface area contributed by atoms with Crippen LogP contribution in [0.5, 0.6) is 0 Å². The molecule has 0 saturated carbocycles. The smallest absolute Gasteiger partial charge is 0.236 e. The van der Waals surface area contributed by atoms with Gasteiger partial charge in [-0.2, -0.15) is 4.98 Å². The van der Waals surface area contributed by atoms with Gasteiger partial charge in [0.25, 0.3) is 0 Å². The summed E-state index contributed by atoms with van der Waals surface area (Å²) in [5.74, 6) is 0.679. The monoisotopic (exact) mass is 236 g/mol. The van der Waals surface area contributed by atoms with Crippen molar-refractivity contribution < 1.29 is 4.79 Å². The minimum absolute atomic E-state index is 0.0446. The van der Waals surface area contributed by atoms with Crippen molar-refractivity contribution in [3.63, 3.8) is 0 Å². The zero-order valence-corrected chi connectivity index (χ0v) is 9.78. The fraction of sp³-hybridized carbons (Fsp3) is 0.400. The molecule has 5 nitrogen and oxygen atoms in total. The quantitative estimate of drug-likeness (QED) is 0.581. The second-order valence-electron chi connectivity index (χ2n) is 3.48. The van der Waals surface area contributed by atoms with Crippen LogP contribution in [0.4, 0.5) is 5.95 Å². The molecule has 6 heteroatoms. The lowest BCUT2D eigenvalue weighted by Crippen LogP contribution is -2.26. The summed E-state index contributed by atoms with van der Waals surface area (Å²) in [4.78, 5) is 25.5. The average Bonchev–Trinajstić information content (AvgIpc) is 2.71. The Morgan fingerprint density at radius 2 is 2.44 bits per heavy atom. The molecule has 1 aromatic rings. The van der Waals surface area contributed by atoms with Crippen LogP contribution in [0.15, 0.2) is 24.1 Å². The summed E-state index contributed by atoms with van der Waals surface area (Å²) in [7, 11) is 0. The largest absolute Gasteiger partial charge is 0.280 e. The fourth-order valence-electron chi connectivity index (χ4n) is 1.59. The van der Waals surface area contributed by atoms with Gasteiger partial charge in [0.15, 0.2) is 5.16 Å². The maximum absolute atomic E-state index is 11.7. The molecule has 0 radical (unpaired) electrons. The Labute approximate surface area is 98.0 Å². The number of aromatic nitrogens is 3. The molecule has 1 fully saturated rings. The Balaban J connectivity index is 2.23. The van der Waals surface area contributed by atoms with Crippen molar-refractivity contribution in [2.45, 2.75) is 11.6 Å². The van der Waals surface area contributed by atoms with E-state index >= 15 is 0 Å². The van der Waals surface area contributed by atoms with Crippen LogP contribution >= 0.6 is 11.8 Å². The fourth-order valence-corrected chi connectivity index (χ4v) is 1.91. The van der Waals surface area contributed by atoms with Gasteiger partial charge in [0.05, 0.1) is 0 Å². The van der Waals surface area contributed by atoms with Crippen molar-refractivity contribution in [2.24, 2.45) is 5.92 Å². The van der Waals surface area contributed by atoms with Gasteiger partial charge >= 0.3 is 0 Å². The molecule has 1 aliphatic rings. The molecule has 1 aromatic heterocycles. The molecular formula is C10H12N4OS. The van der Waals surface area contributed by atoms with Gasteiger partial charge in [0.2, 0.25) is 11.9 Å². The van der Waals surface area contributed by atoms with E-state index in [1.165, 1.54) is 18.1 Å². The van der Waals surface area contributed by atoms with Crippen LogP contribution in [0, 0.1) is 5.92 Å². The summed E-state index contributed by atoms with van der Waals surface area (Å²) in [6.45, 7) is 4.31. The number of carbonyl (C=O) groups is 1. The summed E-state index contributed by atoms with van der Waals surface area (Å²) in [5, 5.41) is 0.625. The Bertz CT molecular complexity index is 423. The van der Waals surface area contributed by atoms with Crippen LogP contribution < -0.4 is 4.90 Å². The van der Waals surface area contributed by atoms with Gasteiger partial charge < -0.3 is 0 Å². The van der Waals surface area contributed by atoms with E-state index in [2.05, 4.69) is 21.5 Å². The first-order valence-electron chi connectivity index (χ1n) is 4.90. The molecule has 0 N–H and O–H groups in total. The van der Waals surface area contributed by atoms with Crippen molar-refractivity contribution in [1.29, 1.82) is 0 Å². The van der Waals surface area contributed by atoms with Gasteiger partial charge in [0.1, 0.15) is 6.33 Å². The van der Waals surface area contributed by atoms with Crippen molar-refractivity contribution in [3.8, 4) is 0 Å². The van der Waals surface area contributed by atoms with Crippen LogP contribution in [-0.4, -0.2) is 33.7 Å². The van der Waals surface area contributed by atoms with Crippen LogP contribution in [0.2, 0.25) is 0 Å². The van der Waals surface area contributed by atoms with Crippen molar-refractivity contribution in [3.05, 3.63) is 19.0 Å². The molecule has 0 aromatic carbocycles. The van der Waals surface area contributed by atoms with Crippen LogP contribution in [-0.2, 0) is 4.79 Å². The normalized spacial score (nSPS) is 20.2. The first-order valence-corrected chi connectivity index (χ1v) is 6.13. The maximum Gasteiger partial charge on any atom is 0.236 e. The van der Waals surface area contributed by atoms with Crippen LogP contribution in [0.25, 0.3) is 0 Å². The molecule has 0 spiro atoms. The highest BCUT2D eigenvalue weighted by molar-refractivity contribution is 7.98. The predicted molar refractivity (Wildman–Crippen MR) is 62.3 cm³/mol. The van der Waals surface area contributed by atoms with E-state index in [4.69, 9.17) is 0 Å². The lowest BCUT2D eigenvalue weighted by Gasteiger charge is -2.13. The summed E-state index contributed by atoms with van der Waals surface area (Å²) in [6.07, 6.45) is 5.61. The third-order valence-electron chi connectivity index (χ3n) is 2.45. The minimum atomic E-state index is 0.0446. The minimum Gasteiger partial charge on any atom is -0.280 e. The molecular weight excluding hydrogens is 224 g/mol. The first-order chi connectivity index (χ1) is 7.74. The van der Waals surface area contributed by atoms with Gasteiger partial charge in [-0.25, -0.2) is 9.97 Å². The predicted octanol–water partition coefficient (Wildman–Crippen LogP) is 1.13. The van der Waals surface area contributed by atoms with Crippen molar-refractivity contribution >= 4 is 23.6 Å². The van der Waals surface area contributed by atoms with Crippen molar-refractivity contribution in [1.82, 2.24) is 15.0 Å². The number of nitrogens with zero attached hydrogens (tertiary/aromatic N) is 4. The molecule has 1 saturated heterocycles. The third kappa shape index (κ3) is 2.06. The number of hydrogen-bond donors (Lipinski definition) is 0. The van der Waals surface area contributed by atoms with Gasteiger partial charge in [-0.1, -0.05) is 17.8 Å². The van der Waals surface area contributed by atoms with Gasteiger partial charge in [-0.3, -0.25) is 9.69 Å². The van der Waals surface area contributed by atoms with E-state index in [1.54, 1.807) is 11.0 Å². The first kappa shape index (κ1) is 11.1. The molecule has 0 aliphatic carbocycles. The number of thioether (sulfide) groups is 1. The van der Waals surface area contributed by atoms with E-state index in [0.717, 1.165) is 0 Å². The highest BCUT2D eigenvalue weighted by Gasteiger charge is 2.30. The SMILES string of the molecule is C=CC1CC(=O)N(c2ncnc(SC)n2)C1. The lowest BCUT2D eigenvalue weighted by molar-refractivity contribution is -0.117. The number of carbonyl (C=O) groups excluding carboxylic acids is 1. The molecule has 1 aliphatic heterocycles. The molecule has 16 heavy (non-hydrogen) atoms. The molecule has 1 unspecified atom stereocenters. The molecule has 1 amide bonds. The molecule has 2 rings (SSSR count). The Kier molecular flexibility index (Phi) is 3.19. The third-order valence-corrected chi connectivity index (χ3v) is 3.01. The van der Waals surface area contributed by atoms with E-state index in [1.807, 2.05) is 6.26 Å². The maximum atomic E-state index is 11.7. The van der Waals surface area contributed by atoms with Gasteiger partial charge in [0, 0.05) is 18.9 Å². The topological polar surface area (TPSA) is 59.0 Å². The van der Waals surface area contributed by atoms with E-state index in [9.17, 15) is 4.79 Å². The highest BCUT2D eigenvalue weighted by Crippen LogP contribution is 2.23. The van der Waals surface area contributed by atoms with Gasteiger partial charge in [-0.15, -0.1) is 6.58 Å². The zero-order chi connectivity index (χ0) is 11.5. The summed E-state index contributed by atoms with van der Waals surface area (Å²) in [5.41, 5.74) is 0. The molecule has 84 valence electrons. The molecule has 2 heterocycles. The number of hydrogen-bond acceptors (Lipinski definition) is 5. The number of anilines is 1. The summed E-state index contributed by atoms with van der Waals surface area (Å²) < 4.78 is 0. The Hall–Kier alpha value is -1.43. The zero-order valence-electron chi connectivity index (χ0n) is 8.96. The summed E-state index contributed by atoms with van der Waals surface area (Å²) >= 11 is 1.43. The highest BCUT2D eigenvalue weighted by atomic mass is 32.2. The number of rotatable bonds is 3. The van der Waals surface area contributed by atoms with Gasteiger partial charge in [-0.05, 0) is 6.26 Å². The van der Waals surface area contributed by atoms with E-state index in [0.29, 0.717) is 24.1 Å². The van der Waals surface area contributed by atoms with Crippen molar-refractivity contribution in [2.75, 3.05) is 17.7 Å². The average molecular weight is 236 g/mol. The van der Waals surface area contributed by atoms with Crippen LogP contribution in [0.3, 0.4) is 0 Å². The van der Waals surface area contributed by atoms with Crippen LogP contribution in [0.1, 0.15) is 6.42 Å². The van der Waals surface area contributed by atoms with E-state index in [-0.39, 0.29) is 11.8 Å². The van der Waals surface area contributed by atoms with E-state index < -0.39 is 0 Å². The summed E-state index contributed by atoms with van der Waals surface area (Å²) in [6, 6.07) is 0.